The smallest absolute Gasteiger partial charge is 0.169 e. The average Bonchev–Trinajstić information content (AvgIpc) is 2.59. The highest BCUT2D eigenvalue weighted by atomic mass is 35.5. The van der Waals surface area contributed by atoms with E-state index in [0.717, 1.165) is 31.2 Å². The maximum absolute atomic E-state index is 13.0. The molecule has 4 nitrogen and oxygen atoms in total. The average molecular weight is 369 g/mol. The number of ketones is 1. The van der Waals surface area contributed by atoms with Crippen LogP contribution in [0.5, 0.6) is 0 Å². The summed E-state index contributed by atoms with van der Waals surface area (Å²) in [6.07, 6.45) is 4.05. The number of hydrogen-bond donors (Lipinski definition) is 1. The van der Waals surface area contributed by atoms with Gasteiger partial charge in [-0.2, -0.15) is 0 Å². The maximum Gasteiger partial charge on any atom is 0.169 e. The van der Waals surface area contributed by atoms with E-state index in [1.54, 1.807) is 7.11 Å². The number of nitrogens with one attached hydrogen (secondary N) is 1. The van der Waals surface area contributed by atoms with E-state index in [2.05, 4.69) is 5.32 Å². The van der Waals surface area contributed by atoms with Crippen LogP contribution in [0.25, 0.3) is 0 Å². The first-order valence-electron chi connectivity index (χ1n) is 8.33. The minimum Gasteiger partial charge on any atom is -0.385 e. The van der Waals surface area contributed by atoms with Gasteiger partial charge in [0.25, 0.3) is 0 Å². The molecule has 0 spiro atoms. The van der Waals surface area contributed by atoms with Crippen LogP contribution in [0.3, 0.4) is 0 Å². The van der Waals surface area contributed by atoms with Gasteiger partial charge in [0.1, 0.15) is 5.54 Å². The fraction of sp³-hybridized carbons (Fsp3) is 0.556. The molecule has 0 saturated heterocycles. The Balaban J connectivity index is 2.28. The normalized spacial score (nSPS) is 20.7. The second-order valence-corrected chi connectivity index (χ2v) is 6.90. The van der Waals surface area contributed by atoms with Gasteiger partial charge in [-0.15, -0.1) is 0 Å². The van der Waals surface area contributed by atoms with Gasteiger partial charge in [0, 0.05) is 44.3 Å². The molecule has 1 aromatic carbocycles. The highest BCUT2D eigenvalue weighted by Crippen LogP contribution is 2.42. The van der Waals surface area contributed by atoms with E-state index in [-0.39, 0.29) is 5.78 Å². The summed E-state index contributed by atoms with van der Waals surface area (Å²) in [6, 6.07) is 7.58. The first-order valence-corrected chi connectivity index (χ1v) is 9.11. The molecule has 1 aliphatic carbocycles. The predicted octanol–water partition coefficient (Wildman–Crippen LogP) is 3.52. The van der Waals surface area contributed by atoms with Crippen molar-refractivity contribution in [3.8, 4) is 0 Å². The third kappa shape index (κ3) is 3.90. The molecule has 1 saturated carbocycles. The molecule has 1 aliphatic rings. The van der Waals surface area contributed by atoms with E-state index in [4.69, 9.17) is 28.6 Å². The van der Waals surface area contributed by atoms with Crippen LogP contribution in [0, 0.1) is 0 Å². The number of rotatable bonds is 6. The summed E-state index contributed by atoms with van der Waals surface area (Å²) in [4.78, 5) is 14.9. The number of halogens is 1. The summed E-state index contributed by atoms with van der Waals surface area (Å²) >= 11 is 12.0. The Hall–Kier alpha value is -1.17. The zero-order valence-corrected chi connectivity index (χ0v) is 15.9. The molecule has 1 N–H and O–H groups in total. The predicted molar refractivity (Wildman–Crippen MR) is 101 cm³/mol. The third-order valence-corrected chi connectivity index (χ3v) is 5.40. The summed E-state index contributed by atoms with van der Waals surface area (Å²) in [5, 5.41) is 4.41. The minimum absolute atomic E-state index is 0.186. The number of ether oxygens (including phenoxy) is 1. The van der Waals surface area contributed by atoms with Gasteiger partial charge in [-0.3, -0.25) is 4.79 Å². The molecule has 0 aliphatic heterocycles. The zero-order valence-electron chi connectivity index (χ0n) is 14.3. The van der Waals surface area contributed by atoms with Crippen LogP contribution in [0.1, 0.15) is 37.7 Å². The van der Waals surface area contributed by atoms with Crippen LogP contribution in [-0.2, 0) is 15.1 Å². The molecule has 24 heavy (non-hydrogen) atoms. The number of nitrogens with zero attached hydrogens (tertiary/aromatic N) is 1. The summed E-state index contributed by atoms with van der Waals surface area (Å²) in [5.74, 6) is 0.186. The lowest BCUT2D eigenvalue weighted by Crippen LogP contribution is -2.56. The van der Waals surface area contributed by atoms with E-state index in [1.807, 2.05) is 36.2 Å². The fourth-order valence-corrected chi connectivity index (χ4v) is 3.88. The van der Waals surface area contributed by atoms with Gasteiger partial charge in [-0.25, -0.2) is 0 Å². The number of benzene rings is 1. The van der Waals surface area contributed by atoms with Crippen LogP contribution in [0.4, 0.5) is 0 Å². The van der Waals surface area contributed by atoms with Crippen molar-refractivity contribution in [2.24, 2.45) is 0 Å². The lowest BCUT2D eigenvalue weighted by molar-refractivity contribution is -0.131. The Morgan fingerprint density at radius 3 is 2.83 bits per heavy atom. The topological polar surface area (TPSA) is 41.6 Å². The Kier molecular flexibility index (Phi) is 7.02. The Morgan fingerprint density at radius 2 is 2.17 bits per heavy atom. The van der Waals surface area contributed by atoms with Gasteiger partial charge < -0.3 is 15.0 Å². The quantitative estimate of drug-likeness (QED) is 0.614. The van der Waals surface area contributed by atoms with Crippen molar-refractivity contribution in [3.05, 3.63) is 34.9 Å². The zero-order chi connectivity index (χ0) is 17.6. The Labute approximate surface area is 154 Å². The van der Waals surface area contributed by atoms with E-state index in [9.17, 15) is 4.79 Å². The molecule has 1 atom stereocenters. The fourth-order valence-electron chi connectivity index (χ4n) is 3.33. The summed E-state index contributed by atoms with van der Waals surface area (Å²) in [7, 11) is 3.57. The molecule has 1 fully saturated rings. The van der Waals surface area contributed by atoms with Crippen molar-refractivity contribution in [2.75, 3.05) is 27.3 Å². The van der Waals surface area contributed by atoms with Crippen LogP contribution in [0.2, 0.25) is 5.02 Å². The molecule has 0 radical (unpaired) electrons. The lowest BCUT2D eigenvalue weighted by Gasteiger charge is -2.45. The van der Waals surface area contributed by atoms with E-state index in [1.165, 1.54) is 0 Å². The molecule has 0 amide bonds. The van der Waals surface area contributed by atoms with Crippen molar-refractivity contribution in [1.82, 2.24) is 10.2 Å². The summed E-state index contributed by atoms with van der Waals surface area (Å²) in [5.41, 5.74) is 0.0713. The molecule has 132 valence electrons. The molecular formula is C18H25ClN2O2S. The number of Topliss-reactive ketones (excluding diaryl/α,β-unsaturated/α-hetero) is 1. The highest BCUT2D eigenvalue weighted by molar-refractivity contribution is 7.80. The number of hydrogen-bond acceptors (Lipinski definition) is 3. The monoisotopic (exact) mass is 368 g/mol. The first kappa shape index (κ1) is 19.2. The summed E-state index contributed by atoms with van der Waals surface area (Å²) in [6.45, 7) is 1.39. The number of likely N-dealkylation sites (N-methyl/N-ethyl adjacent to an activating group) is 1. The van der Waals surface area contributed by atoms with Gasteiger partial charge in [-0.1, -0.05) is 29.8 Å². The number of methoxy groups -OCH3 is 1. The van der Waals surface area contributed by atoms with Crippen molar-refractivity contribution in [1.29, 1.82) is 0 Å². The second kappa shape index (κ2) is 8.79. The van der Waals surface area contributed by atoms with E-state index in [0.29, 0.717) is 29.7 Å². The molecule has 2 rings (SSSR count). The first-order chi connectivity index (χ1) is 11.5. The van der Waals surface area contributed by atoms with Crippen molar-refractivity contribution in [2.45, 2.75) is 37.6 Å². The SMILES string of the molecule is COCCCNC(=S)N(C)C1(c2ccccc2Cl)CCCCC1=O. The Morgan fingerprint density at radius 1 is 1.42 bits per heavy atom. The Bertz CT molecular complexity index is 596. The third-order valence-electron chi connectivity index (χ3n) is 4.65. The van der Waals surface area contributed by atoms with E-state index >= 15 is 0 Å². The number of carbonyl (C=O) groups excluding carboxylic acids is 1. The van der Waals surface area contributed by atoms with Crippen molar-refractivity contribution >= 4 is 34.7 Å². The van der Waals surface area contributed by atoms with E-state index < -0.39 is 5.54 Å². The molecule has 6 heteroatoms. The van der Waals surface area contributed by atoms with Crippen LogP contribution < -0.4 is 5.32 Å². The van der Waals surface area contributed by atoms with Crippen molar-refractivity contribution in [3.63, 3.8) is 0 Å². The van der Waals surface area contributed by atoms with Crippen LogP contribution >= 0.6 is 23.8 Å². The van der Waals surface area contributed by atoms with Gasteiger partial charge in [0.15, 0.2) is 10.9 Å². The molecular weight excluding hydrogens is 344 g/mol. The number of thiocarbonyl (C=S) groups is 1. The van der Waals surface area contributed by atoms with Crippen molar-refractivity contribution < 1.29 is 9.53 Å². The maximum atomic E-state index is 13.0. The van der Waals surface area contributed by atoms with Gasteiger partial charge >= 0.3 is 0 Å². The molecule has 0 bridgehead atoms. The van der Waals surface area contributed by atoms with Gasteiger partial charge in [0.05, 0.1) is 0 Å². The highest BCUT2D eigenvalue weighted by Gasteiger charge is 2.46. The largest absolute Gasteiger partial charge is 0.385 e. The standard InChI is InChI=1S/C18H25ClN2O2S/c1-21(17(24)20-12-7-13-23-2)18(11-6-5-10-16(18)22)14-8-3-4-9-15(14)19/h3-4,8-9H,5-7,10-13H2,1-2H3,(H,20,24). The minimum atomic E-state index is -0.776. The van der Waals surface area contributed by atoms with Crippen LogP contribution in [0.15, 0.2) is 24.3 Å². The number of carbonyl (C=O) groups is 1. The molecule has 1 unspecified atom stereocenters. The van der Waals surface area contributed by atoms with Gasteiger partial charge in [0.2, 0.25) is 0 Å². The molecule has 1 aromatic rings. The summed E-state index contributed by atoms with van der Waals surface area (Å²) < 4.78 is 5.05. The lowest BCUT2D eigenvalue weighted by atomic mass is 9.74. The van der Waals surface area contributed by atoms with Gasteiger partial charge in [-0.05, 0) is 44.0 Å². The molecule has 0 aromatic heterocycles. The molecule has 0 heterocycles. The van der Waals surface area contributed by atoms with Crippen LogP contribution in [-0.4, -0.2) is 43.1 Å². The second-order valence-electron chi connectivity index (χ2n) is 6.11.